The summed E-state index contributed by atoms with van der Waals surface area (Å²) in [5, 5.41) is 9.14. The van der Waals surface area contributed by atoms with Crippen molar-refractivity contribution in [3.05, 3.63) is 35.4 Å². The predicted octanol–water partition coefficient (Wildman–Crippen LogP) is 4.00. The minimum Gasteiger partial charge on any atom is -0.444 e. The van der Waals surface area contributed by atoms with Gasteiger partial charge in [0.25, 0.3) is 5.91 Å². The SMILES string of the molecule is CCNC(=O)c1cccc(CNC(=NC)N(C)CCC(NC(=O)OC(C)(C)C)C(C)C)c1.I. The first-order valence-electron chi connectivity index (χ1n) is 11.2. The van der Waals surface area contributed by atoms with Gasteiger partial charge in [-0.15, -0.1) is 24.0 Å². The normalized spacial score (nSPS) is 12.5. The van der Waals surface area contributed by atoms with Gasteiger partial charge in [0.2, 0.25) is 0 Å². The highest BCUT2D eigenvalue weighted by molar-refractivity contribution is 14.0. The van der Waals surface area contributed by atoms with Gasteiger partial charge in [-0.05, 0) is 57.7 Å². The molecular formula is C24H42IN5O3. The number of halogens is 1. The average Bonchev–Trinajstić information content (AvgIpc) is 2.70. The third-order valence-electron chi connectivity index (χ3n) is 4.83. The molecular weight excluding hydrogens is 533 g/mol. The van der Waals surface area contributed by atoms with Crippen LogP contribution < -0.4 is 16.0 Å². The van der Waals surface area contributed by atoms with Crippen LogP contribution in [0.2, 0.25) is 0 Å². The number of benzene rings is 1. The molecule has 3 N–H and O–H groups in total. The summed E-state index contributed by atoms with van der Waals surface area (Å²) >= 11 is 0. The van der Waals surface area contributed by atoms with Crippen molar-refractivity contribution in [1.82, 2.24) is 20.9 Å². The van der Waals surface area contributed by atoms with Gasteiger partial charge in [-0.2, -0.15) is 0 Å². The van der Waals surface area contributed by atoms with Crippen LogP contribution in [0.15, 0.2) is 29.3 Å². The minimum atomic E-state index is -0.525. The number of rotatable bonds is 9. The molecule has 9 heteroatoms. The topological polar surface area (TPSA) is 95.1 Å². The molecule has 0 radical (unpaired) electrons. The van der Waals surface area contributed by atoms with Gasteiger partial charge in [0.1, 0.15) is 5.60 Å². The molecule has 33 heavy (non-hydrogen) atoms. The lowest BCUT2D eigenvalue weighted by atomic mass is 10.0. The molecule has 0 spiro atoms. The van der Waals surface area contributed by atoms with E-state index in [9.17, 15) is 9.59 Å². The number of nitrogens with zero attached hydrogens (tertiary/aromatic N) is 2. The smallest absolute Gasteiger partial charge is 0.407 e. The molecule has 0 saturated heterocycles. The van der Waals surface area contributed by atoms with E-state index < -0.39 is 11.7 Å². The fourth-order valence-electron chi connectivity index (χ4n) is 3.12. The van der Waals surface area contributed by atoms with E-state index in [1.165, 1.54) is 0 Å². The fraction of sp³-hybridized carbons (Fsp3) is 0.625. The molecule has 0 heterocycles. The Labute approximate surface area is 216 Å². The van der Waals surface area contributed by atoms with E-state index in [1.54, 1.807) is 13.1 Å². The maximum Gasteiger partial charge on any atom is 0.407 e. The highest BCUT2D eigenvalue weighted by Gasteiger charge is 2.22. The van der Waals surface area contributed by atoms with Gasteiger partial charge in [0, 0.05) is 45.3 Å². The van der Waals surface area contributed by atoms with Crippen molar-refractivity contribution >= 4 is 41.9 Å². The van der Waals surface area contributed by atoms with Gasteiger partial charge in [-0.1, -0.05) is 26.0 Å². The van der Waals surface area contributed by atoms with Crippen molar-refractivity contribution in [2.24, 2.45) is 10.9 Å². The molecule has 1 unspecified atom stereocenters. The van der Waals surface area contributed by atoms with Gasteiger partial charge in [0.15, 0.2) is 5.96 Å². The quantitative estimate of drug-likeness (QED) is 0.235. The molecule has 188 valence electrons. The molecule has 2 amide bonds. The number of hydrogen-bond acceptors (Lipinski definition) is 4. The Morgan fingerprint density at radius 2 is 1.85 bits per heavy atom. The van der Waals surface area contributed by atoms with Crippen molar-refractivity contribution in [2.45, 2.75) is 66.2 Å². The van der Waals surface area contributed by atoms with Gasteiger partial charge in [-0.3, -0.25) is 9.79 Å². The van der Waals surface area contributed by atoms with E-state index in [1.807, 2.05) is 57.8 Å². The average molecular weight is 576 g/mol. The van der Waals surface area contributed by atoms with E-state index >= 15 is 0 Å². The van der Waals surface area contributed by atoms with Gasteiger partial charge in [-0.25, -0.2) is 4.79 Å². The number of nitrogens with one attached hydrogen (secondary N) is 3. The first-order valence-corrected chi connectivity index (χ1v) is 11.2. The molecule has 8 nitrogen and oxygen atoms in total. The molecule has 0 aliphatic heterocycles. The van der Waals surface area contributed by atoms with Crippen molar-refractivity contribution in [3.63, 3.8) is 0 Å². The molecule has 1 aromatic rings. The number of carbonyl (C=O) groups excluding carboxylic acids is 2. The van der Waals surface area contributed by atoms with Crippen molar-refractivity contribution in [3.8, 4) is 0 Å². The number of carbonyl (C=O) groups is 2. The standard InChI is InChI=1S/C24H41N5O3.HI/c1-9-26-21(30)19-12-10-11-18(15-19)16-27-22(25-7)29(8)14-13-20(17(2)3)28-23(31)32-24(4,5)6;/h10-12,15,17,20H,9,13-14,16H2,1-8H3,(H,25,27)(H,26,30)(H,28,31);1H. The number of aliphatic imine (C=N–C) groups is 1. The highest BCUT2D eigenvalue weighted by Crippen LogP contribution is 2.11. The molecule has 0 saturated carbocycles. The summed E-state index contributed by atoms with van der Waals surface area (Å²) in [6.45, 7) is 13.5. The van der Waals surface area contributed by atoms with Crippen molar-refractivity contribution < 1.29 is 14.3 Å². The second-order valence-electron chi connectivity index (χ2n) is 9.17. The van der Waals surface area contributed by atoms with Crippen molar-refractivity contribution in [1.29, 1.82) is 0 Å². The van der Waals surface area contributed by atoms with Crippen LogP contribution in [-0.2, 0) is 11.3 Å². The third kappa shape index (κ3) is 12.1. The first-order chi connectivity index (χ1) is 15.0. The van der Waals surface area contributed by atoms with Crippen LogP contribution in [0.4, 0.5) is 4.79 Å². The molecule has 0 fully saturated rings. The lowest BCUT2D eigenvalue weighted by molar-refractivity contribution is 0.0485. The number of guanidine groups is 1. The zero-order valence-corrected chi connectivity index (χ0v) is 23.7. The Hall–Kier alpha value is -2.04. The monoisotopic (exact) mass is 575 g/mol. The first kappa shape index (κ1) is 31.0. The van der Waals surface area contributed by atoms with Crippen LogP contribution in [0, 0.1) is 5.92 Å². The van der Waals surface area contributed by atoms with E-state index in [0.717, 1.165) is 17.9 Å². The Kier molecular flexibility index (Phi) is 14.1. The Balaban J connectivity index is 0.0000102. The second-order valence-corrected chi connectivity index (χ2v) is 9.17. The summed E-state index contributed by atoms with van der Waals surface area (Å²) in [7, 11) is 3.70. The van der Waals surface area contributed by atoms with E-state index in [2.05, 4.69) is 34.8 Å². The molecule has 1 atom stereocenters. The zero-order chi connectivity index (χ0) is 24.3. The van der Waals surface area contributed by atoms with Crippen LogP contribution >= 0.6 is 24.0 Å². The molecule has 0 aliphatic rings. The summed E-state index contributed by atoms with van der Waals surface area (Å²) in [5.74, 6) is 0.934. The van der Waals surface area contributed by atoms with Gasteiger partial charge in [0.05, 0.1) is 0 Å². The largest absolute Gasteiger partial charge is 0.444 e. The summed E-state index contributed by atoms with van der Waals surface area (Å²) < 4.78 is 5.39. The number of ether oxygens (including phenoxy) is 1. The highest BCUT2D eigenvalue weighted by atomic mass is 127. The zero-order valence-electron chi connectivity index (χ0n) is 21.3. The number of amides is 2. The summed E-state index contributed by atoms with van der Waals surface area (Å²) in [6, 6.07) is 7.52. The van der Waals surface area contributed by atoms with Crippen LogP contribution in [-0.4, -0.2) is 61.7 Å². The molecule has 0 bridgehead atoms. The van der Waals surface area contributed by atoms with Gasteiger partial charge >= 0.3 is 6.09 Å². The maximum atomic E-state index is 12.2. The second kappa shape index (κ2) is 15.0. The summed E-state index contributed by atoms with van der Waals surface area (Å²) in [5.41, 5.74) is 1.11. The number of alkyl carbamates (subject to hydrolysis) is 1. The van der Waals surface area contributed by atoms with Crippen molar-refractivity contribution in [2.75, 3.05) is 27.2 Å². The Morgan fingerprint density at radius 1 is 1.18 bits per heavy atom. The molecule has 1 aromatic carbocycles. The molecule has 1 rings (SSSR count). The molecule has 0 aromatic heterocycles. The Bertz CT molecular complexity index is 778. The molecule has 0 aliphatic carbocycles. The fourth-order valence-corrected chi connectivity index (χ4v) is 3.12. The lowest BCUT2D eigenvalue weighted by Crippen LogP contribution is -2.45. The lowest BCUT2D eigenvalue weighted by Gasteiger charge is -2.28. The third-order valence-corrected chi connectivity index (χ3v) is 4.83. The van der Waals surface area contributed by atoms with Crippen LogP contribution in [0.25, 0.3) is 0 Å². The van der Waals surface area contributed by atoms with E-state index in [0.29, 0.717) is 25.2 Å². The van der Waals surface area contributed by atoms with Crippen LogP contribution in [0.5, 0.6) is 0 Å². The summed E-state index contributed by atoms with van der Waals surface area (Å²) in [6.07, 6.45) is 0.356. The van der Waals surface area contributed by atoms with Crippen LogP contribution in [0.3, 0.4) is 0 Å². The minimum absolute atomic E-state index is 0. The number of hydrogen-bond donors (Lipinski definition) is 3. The summed E-state index contributed by atoms with van der Waals surface area (Å²) in [4.78, 5) is 30.6. The van der Waals surface area contributed by atoms with E-state index in [4.69, 9.17) is 4.74 Å². The Morgan fingerprint density at radius 3 is 2.39 bits per heavy atom. The predicted molar refractivity (Wildman–Crippen MR) is 145 cm³/mol. The van der Waals surface area contributed by atoms with E-state index in [-0.39, 0.29) is 41.8 Å². The van der Waals surface area contributed by atoms with Crippen LogP contribution in [0.1, 0.15) is 63.9 Å². The van der Waals surface area contributed by atoms with Gasteiger partial charge < -0.3 is 25.6 Å². The maximum absolute atomic E-state index is 12.2.